The van der Waals surface area contributed by atoms with E-state index in [1.807, 2.05) is 24.3 Å². The Bertz CT molecular complexity index is 896. The van der Waals surface area contributed by atoms with E-state index in [1.54, 1.807) is 25.1 Å². The molecule has 5 nitrogen and oxygen atoms in total. The van der Waals surface area contributed by atoms with E-state index in [1.165, 1.54) is 6.07 Å². The number of sulfonamides is 1. The van der Waals surface area contributed by atoms with Crippen molar-refractivity contribution in [3.05, 3.63) is 59.1 Å². The molecule has 2 aromatic rings. The zero-order valence-electron chi connectivity index (χ0n) is 15.9. The lowest BCUT2D eigenvalue weighted by Gasteiger charge is -2.30. The third-order valence-electron chi connectivity index (χ3n) is 4.24. The van der Waals surface area contributed by atoms with Gasteiger partial charge < -0.3 is 5.32 Å². The van der Waals surface area contributed by atoms with Gasteiger partial charge in [-0.25, -0.2) is 8.42 Å². The summed E-state index contributed by atoms with van der Waals surface area (Å²) >= 11 is 6.01. The van der Waals surface area contributed by atoms with Crippen LogP contribution in [-0.4, -0.2) is 26.6 Å². The van der Waals surface area contributed by atoms with Gasteiger partial charge in [0.25, 0.3) is 0 Å². The van der Waals surface area contributed by atoms with Crippen LogP contribution >= 0.6 is 11.6 Å². The number of nitrogens with zero attached hydrogens (tertiary/aromatic N) is 1. The molecule has 0 bridgehead atoms. The van der Waals surface area contributed by atoms with E-state index >= 15 is 0 Å². The van der Waals surface area contributed by atoms with Gasteiger partial charge in [0.2, 0.25) is 15.9 Å². The van der Waals surface area contributed by atoms with Gasteiger partial charge in [-0.3, -0.25) is 9.10 Å². The molecule has 146 valence electrons. The molecule has 0 fully saturated rings. The predicted molar refractivity (Wildman–Crippen MR) is 112 cm³/mol. The maximum atomic E-state index is 12.9. The Morgan fingerprint density at radius 3 is 2.26 bits per heavy atom. The molecule has 1 unspecified atom stereocenters. The smallest absolute Gasteiger partial charge is 0.248 e. The molecule has 0 saturated heterocycles. The van der Waals surface area contributed by atoms with Gasteiger partial charge in [-0.15, -0.1) is 0 Å². The number of halogens is 1. The first kappa shape index (κ1) is 21.3. The second-order valence-corrected chi connectivity index (χ2v) is 9.02. The Labute approximate surface area is 166 Å². The molecule has 1 amide bonds. The Morgan fingerprint density at radius 1 is 1.15 bits per heavy atom. The lowest BCUT2D eigenvalue weighted by Crippen LogP contribution is -2.47. The van der Waals surface area contributed by atoms with E-state index in [9.17, 15) is 13.2 Å². The number of carbonyl (C=O) groups excluding carboxylic acids is 1. The van der Waals surface area contributed by atoms with Crippen molar-refractivity contribution < 1.29 is 13.2 Å². The quantitative estimate of drug-likeness (QED) is 0.725. The summed E-state index contributed by atoms with van der Waals surface area (Å²) in [6, 6.07) is 13.1. The van der Waals surface area contributed by atoms with E-state index in [2.05, 4.69) is 19.2 Å². The van der Waals surface area contributed by atoms with Crippen molar-refractivity contribution in [2.75, 3.05) is 15.9 Å². The van der Waals surface area contributed by atoms with Gasteiger partial charge in [-0.2, -0.15) is 0 Å². The SMILES string of the molecule is CCC(C(=O)Nc1ccc(C(C)C)cc1)N(c1cccc(Cl)c1)S(C)(=O)=O. The summed E-state index contributed by atoms with van der Waals surface area (Å²) in [5, 5.41) is 3.22. The molecule has 0 aliphatic rings. The highest BCUT2D eigenvalue weighted by molar-refractivity contribution is 7.92. The fourth-order valence-electron chi connectivity index (χ4n) is 2.85. The highest BCUT2D eigenvalue weighted by Gasteiger charge is 2.31. The number of amides is 1. The monoisotopic (exact) mass is 408 g/mol. The fourth-order valence-corrected chi connectivity index (χ4v) is 4.24. The molecule has 0 radical (unpaired) electrons. The minimum absolute atomic E-state index is 0.315. The number of hydrogen-bond acceptors (Lipinski definition) is 3. The van der Waals surface area contributed by atoms with Crippen LogP contribution in [0, 0.1) is 0 Å². The minimum Gasteiger partial charge on any atom is -0.324 e. The van der Waals surface area contributed by atoms with E-state index in [4.69, 9.17) is 11.6 Å². The largest absolute Gasteiger partial charge is 0.324 e. The minimum atomic E-state index is -3.69. The molecule has 0 spiro atoms. The third kappa shape index (κ3) is 5.47. The molecule has 0 aliphatic heterocycles. The molecule has 0 aliphatic carbocycles. The van der Waals surface area contributed by atoms with Crippen LogP contribution in [0.2, 0.25) is 5.02 Å². The van der Waals surface area contributed by atoms with Crippen molar-refractivity contribution in [3.63, 3.8) is 0 Å². The number of nitrogens with one attached hydrogen (secondary N) is 1. The first-order chi connectivity index (χ1) is 12.6. The highest BCUT2D eigenvalue weighted by Crippen LogP contribution is 2.26. The summed E-state index contributed by atoms with van der Waals surface area (Å²) in [7, 11) is -3.69. The first-order valence-electron chi connectivity index (χ1n) is 8.79. The van der Waals surface area contributed by atoms with Crippen LogP contribution in [0.3, 0.4) is 0 Å². The Kier molecular flexibility index (Phi) is 6.89. The molecule has 2 rings (SSSR count). The van der Waals surface area contributed by atoms with Crippen LogP contribution in [0.15, 0.2) is 48.5 Å². The summed E-state index contributed by atoms with van der Waals surface area (Å²) in [6.45, 7) is 5.96. The van der Waals surface area contributed by atoms with Crippen molar-refractivity contribution in [1.82, 2.24) is 0 Å². The average molecular weight is 409 g/mol. The summed E-state index contributed by atoms with van der Waals surface area (Å²) < 4.78 is 26.0. The topological polar surface area (TPSA) is 66.5 Å². The number of hydrogen-bond donors (Lipinski definition) is 1. The standard InChI is InChI=1S/C20H25ClN2O3S/c1-5-19(20(24)22-17-11-9-15(10-12-17)14(2)3)23(27(4,25)26)18-8-6-7-16(21)13-18/h6-14,19H,5H2,1-4H3,(H,22,24). The molecule has 27 heavy (non-hydrogen) atoms. The van der Waals surface area contributed by atoms with Crippen LogP contribution in [0.1, 0.15) is 38.7 Å². The van der Waals surface area contributed by atoms with Crippen LogP contribution in [-0.2, 0) is 14.8 Å². The molecule has 0 aromatic heterocycles. The number of benzene rings is 2. The van der Waals surface area contributed by atoms with Gasteiger partial charge in [0, 0.05) is 10.7 Å². The summed E-state index contributed by atoms with van der Waals surface area (Å²) in [4.78, 5) is 12.9. The Hall–Kier alpha value is -2.05. The van der Waals surface area contributed by atoms with Gasteiger partial charge in [-0.05, 0) is 48.2 Å². The van der Waals surface area contributed by atoms with Crippen molar-refractivity contribution in [2.24, 2.45) is 0 Å². The number of anilines is 2. The zero-order chi connectivity index (χ0) is 20.2. The zero-order valence-corrected chi connectivity index (χ0v) is 17.5. The van der Waals surface area contributed by atoms with Gasteiger partial charge in [0.05, 0.1) is 11.9 Å². The van der Waals surface area contributed by atoms with Crippen LogP contribution < -0.4 is 9.62 Å². The Balaban J connectivity index is 2.31. The van der Waals surface area contributed by atoms with Crippen molar-refractivity contribution in [1.29, 1.82) is 0 Å². The van der Waals surface area contributed by atoms with E-state index in [0.29, 0.717) is 28.7 Å². The fraction of sp³-hybridized carbons (Fsp3) is 0.350. The van der Waals surface area contributed by atoms with E-state index < -0.39 is 16.1 Å². The maximum absolute atomic E-state index is 12.9. The summed E-state index contributed by atoms with van der Waals surface area (Å²) in [6.07, 6.45) is 1.40. The molecule has 2 aromatic carbocycles. The van der Waals surface area contributed by atoms with Crippen molar-refractivity contribution in [2.45, 2.75) is 39.2 Å². The van der Waals surface area contributed by atoms with E-state index in [-0.39, 0.29) is 5.91 Å². The lowest BCUT2D eigenvalue weighted by atomic mass is 10.0. The second-order valence-electron chi connectivity index (χ2n) is 6.73. The second kappa shape index (κ2) is 8.76. The molecule has 1 N–H and O–H groups in total. The van der Waals surface area contributed by atoms with Gasteiger partial charge in [0.1, 0.15) is 6.04 Å². The number of rotatable bonds is 7. The predicted octanol–water partition coefficient (Wildman–Crippen LogP) is 4.65. The summed E-state index contributed by atoms with van der Waals surface area (Å²) in [5.41, 5.74) is 2.15. The van der Waals surface area contributed by atoms with Gasteiger partial charge >= 0.3 is 0 Å². The first-order valence-corrected chi connectivity index (χ1v) is 11.0. The van der Waals surface area contributed by atoms with Crippen LogP contribution in [0.5, 0.6) is 0 Å². The van der Waals surface area contributed by atoms with Gasteiger partial charge in [-0.1, -0.05) is 50.6 Å². The average Bonchev–Trinajstić information content (AvgIpc) is 2.58. The number of carbonyl (C=O) groups is 1. The van der Waals surface area contributed by atoms with E-state index in [0.717, 1.165) is 16.1 Å². The van der Waals surface area contributed by atoms with Gasteiger partial charge in [0.15, 0.2) is 0 Å². The molecular weight excluding hydrogens is 384 g/mol. The Morgan fingerprint density at radius 2 is 1.78 bits per heavy atom. The van der Waals surface area contributed by atoms with Crippen molar-refractivity contribution in [3.8, 4) is 0 Å². The normalized spacial score (nSPS) is 12.7. The summed E-state index contributed by atoms with van der Waals surface area (Å²) in [5.74, 6) is 0.00175. The molecule has 0 heterocycles. The van der Waals surface area contributed by atoms with Crippen molar-refractivity contribution >= 4 is 38.9 Å². The van der Waals surface area contributed by atoms with Crippen LogP contribution in [0.25, 0.3) is 0 Å². The van der Waals surface area contributed by atoms with Crippen LogP contribution in [0.4, 0.5) is 11.4 Å². The maximum Gasteiger partial charge on any atom is 0.248 e. The molecule has 7 heteroatoms. The molecular formula is C20H25ClN2O3S. The molecule has 1 atom stereocenters. The molecule has 0 saturated carbocycles. The third-order valence-corrected chi connectivity index (χ3v) is 5.65. The highest BCUT2D eigenvalue weighted by atomic mass is 35.5. The lowest BCUT2D eigenvalue weighted by molar-refractivity contribution is -0.117.